The molecule has 6 nitrogen and oxygen atoms in total. The van der Waals surface area contributed by atoms with Crippen LogP contribution >= 0.6 is 0 Å². The normalized spacial score (nSPS) is 10.1. The number of nitrogens with zero attached hydrogens (tertiary/aromatic N) is 4. The van der Waals surface area contributed by atoms with E-state index < -0.39 is 4.92 Å². The molecule has 0 unspecified atom stereocenters. The van der Waals surface area contributed by atoms with Crippen molar-refractivity contribution in [2.45, 2.75) is 13.8 Å². The van der Waals surface area contributed by atoms with Gasteiger partial charge in [-0.15, -0.1) is 0 Å². The summed E-state index contributed by atoms with van der Waals surface area (Å²) in [6.07, 6.45) is 0. The topological polar surface area (TPSA) is 84.8 Å². The molecule has 18 heavy (non-hydrogen) atoms. The lowest BCUT2D eigenvalue weighted by Crippen LogP contribution is -1.99. The van der Waals surface area contributed by atoms with Gasteiger partial charge in [-0.05, 0) is 26.0 Å². The summed E-state index contributed by atoms with van der Waals surface area (Å²) in [5.41, 5.74) is 2.63. The first-order valence-electron chi connectivity index (χ1n) is 5.25. The second-order valence-electron chi connectivity index (χ2n) is 3.84. The molecule has 1 heterocycles. The number of nitro benzene ring substituents is 1. The molecule has 1 aromatic carbocycles. The van der Waals surface area contributed by atoms with Gasteiger partial charge in [0.2, 0.25) is 0 Å². The molecular formula is C12H10N4O2. The Bertz CT molecular complexity index is 650. The predicted octanol–water partition coefficient (Wildman–Crippen LogP) is 2.27. The predicted molar refractivity (Wildman–Crippen MR) is 64.4 cm³/mol. The van der Waals surface area contributed by atoms with Gasteiger partial charge in [0.1, 0.15) is 6.07 Å². The van der Waals surface area contributed by atoms with Gasteiger partial charge < -0.3 is 0 Å². The van der Waals surface area contributed by atoms with Crippen molar-refractivity contribution in [1.82, 2.24) is 9.78 Å². The zero-order valence-corrected chi connectivity index (χ0v) is 9.91. The maximum absolute atomic E-state index is 10.6. The van der Waals surface area contributed by atoms with Crippen molar-refractivity contribution in [3.63, 3.8) is 0 Å². The smallest absolute Gasteiger partial charge is 0.258 e. The van der Waals surface area contributed by atoms with Crippen LogP contribution in [0.1, 0.15) is 17.0 Å². The van der Waals surface area contributed by atoms with Gasteiger partial charge in [-0.25, -0.2) is 4.68 Å². The fraction of sp³-hybridized carbons (Fsp3) is 0.167. The fourth-order valence-electron chi connectivity index (χ4n) is 1.77. The molecule has 2 rings (SSSR count). The summed E-state index contributed by atoms with van der Waals surface area (Å²) in [6, 6.07) is 8.14. The van der Waals surface area contributed by atoms with E-state index >= 15 is 0 Å². The molecule has 0 fully saturated rings. The van der Waals surface area contributed by atoms with Crippen molar-refractivity contribution in [1.29, 1.82) is 5.26 Å². The number of non-ortho nitro benzene ring substituents is 1. The number of hydrogen-bond acceptors (Lipinski definition) is 4. The molecule has 0 saturated carbocycles. The van der Waals surface area contributed by atoms with Crippen molar-refractivity contribution in [3.05, 3.63) is 51.3 Å². The molecule has 0 aliphatic carbocycles. The Morgan fingerprint density at radius 3 is 2.39 bits per heavy atom. The number of benzene rings is 1. The van der Waals surface area contributed by atoms with E-state index in [1.54, 1.807) is 30.7 Å². The van der Waals surface area contributed by atoms with Crippen LogP contribution in [0.15, 0.2) is 24.3 Å². The first kappa shape index (κ1) is 11.8. The van der Waals surface area contributed by atoms with Crippen LogP contribution in [0.25, 0.3) is 5.69 Å². The molecular weight excluding hydrogens is 232 g/mol. The van der Waals surface area contributed by atoms with Crippen LogP contribution in [0.5, 0.6) is 0 Å². The third-order valence-corrected chi connectivity index (χ3v) is 2.71. The van der Waals surface area contributed by atoms with E-state index in [2.05, 4.69) is 11.2 Å². The molecule has 0 saturated heterocycles. The Morgan fingerprint density at radius 2 is 1.94 bits per heavy atom. The SMILES string of the molecule is Cc1nn(-c2ccc([N+](=O)[O-])cc2)c(C)c1C#N. The number of aryl methyl sites for hydroxylation is 1. The minimum atomic E-state index is -0.453. The van der Waals surface area contributed by atoms with Gasteiger partial charge >= 0.3 is 0 Å². The summed E-state index contributed by atoms with van der Waals surface area (Å²) in [5, 5.41) is 23.8. The first-order chi connectivity index (χ1) is 8.54. The number of aromatic nitrogens is 2. The van der Waals surface area contributed by atoms with Crippen LogP contribution in [0, 0.1) is 35.3 Å². The molecule has 0 bridgehead atoms. The highest BCUT2D eigenvalue weighted by Crippen LogP contribution is 2.19. The zero-order chi connectivity index (χ0) is 13.3. The summed E-state index contributed by atoms with van der Waals surface area (Å²) in [6.45, 7) is 3.55. The van der Waals surface area contributed by atoms with Crippen LogP contribution in [0.2, 0.25) is 0 Å². The van der Waals surface area contributed by atoms with Crippen molar-refractivity contribution < 1.29 is 4.92 Å². The highest BCUT2D eigenvalue weighted by atomic mass is 16.6. The summed E-state index contributed by atoms with van der Waals surface area (Å²) < 4.78 is 1.61. The molecule has 0 radical (unpaired) electrons. The molecule has 1 aromatic heterocycles. The monoisotopic (exact) mass is 242 g/mol. The Morgan fingerprint density at radius 1 is 1.33 bits per heavy atom. The lowest BCUT2D eigenvalue weighted by atomic mass is 10.2. The molecule has 2 aromatic rings. The number of nitriles is 1. The second kappa shape index (κ2) is 4.30. The Balaban J connectivity index is 2.50. The Kier molecular flexibility index (Phi) is 2.81. The third kappa shape index (κ3) is 1.82. The quantitative estimate of drug-likeness (QED) is 0.597. The van der Waals surface area contributed by atoms with Crippen LogP contribution in [-0.2, 0) is 0 Å². The van der Waals surface area contributed by atoms with E-state index in [-0.39, 0.29) is 5.69 Å². The highest BCUT2D eigenvalue weighted by molar-refractivity contribution is 5.45. The minimum absolute atomic E-state index is 0.0285. The number of nitro groups is 1. The molecule has 0 aliphatic rings. The van der Waals surface area contributed by atoms with Gasteiger partial charge in [0.15, 0.2) is 0 Å². The summed E-state index contributed by atoms with van der Waals surface area (Å²) in [5.74, 6) is 0. The van der Waals surface area contributed by atoms with Gasteiger partial charge in [0.05, 0.1) is 27.6 Å². The molecule has 0 N–H and O–H groups in total. The van der Waals surface area contributed by atoms with Crippen LogP contribution < -0.4 is 0 Å². The zero-order valence-electron chi connectivity index (χ0n) is 9.91. The number of rotatable bonds is 2. The summed E-state index contributed by atoms with van der Waals surface area (Å²) >= 11 is 0. The summed E-state index contributed by atoms with van der Waals surface area (Å²) in [4.78, 5) is 10.1. The Hall–Kier alpha value is -2.68. The third-order valence-electron chi connectivity index (χ3n) is 2.71. The lowest BCUT2D eigenvalue weighted by molar-refractivity contribution is -0.384. The van der Waals surface area contributed by atoms with Crippen molar-refractivity contribution >= 4 is 5.69 Å². The van der Waals surface area contributed by atoms with E-state index in [1.807, 2.05) is 0 Å². The van der Waals surface area contributed by atoms with Gasteiger partial charge in [-0.1, -0.05) is 0 Å². The fourth-order valence-corrected chi connectivity index (χ4v) is 1.77. The van der Waals surface area contributed by atoms with Gasteiger partial charge in [-0.3, -0.25) is 10.1 Å². The van der Waals surface area contributed by atoms with Gasteiger partial charge in [-0.2, -0.15) is 10.4 Å². The van der Waals surface area contributed by atoms with Crippen molar-refractivity contribution in [2.75, 3.05) is 0 Å². The summed E-state index contributed by atoms with van der Waals surface area (Å²) in [7, 11) is 0. The van der Waals surface area contributed by atoms with Crippen molar-refractivity contribution in [3.8, 4) is 11.8 Å². The molecule has 0 aliphatic heterocycles. The molecule has 0 amide bonds. The van der Waals surface area contributed by atoms with Crippen LogP contribution in [-0.4, -0.2) is 14.7 Å². The van der Waals surface area contributed by atoms with E-state index in [1.165, 1.54) is 12.1 Å². The average Bonchev–Trinajstić information content (AvgIpc) is 2.64. The van der Waals surface area contributed by atoms with Crippen LogP contribution in [0.3, 0.4) is 0 Å². The first-order valence-corrected chi connectivity index (χ1v) is 5.25. The lowest BCUT2D eigenvalue weighted by Gasteiger charge is -2.03. The van der Waals surface area contributed by atoms with Crippen molar-refractivity contribution in [2.24, 2.45) is 0 Å². The van der Waals surface area contributed by atoms with Gasteiger partial charge in [0.25, 0.3) is 5.69 Å². The Labute approximate surface area is 103 Å². The van der Waals surface area contributed by atoms with E-state index in [9.17, 15) is 10.1 Å². The average molecular weight is 242 g/mol. The molecule has 6 heteroatoms. The highest BCUT2D eigenvalue weighted by Gasteiger charge is 2.13. The second-order valence-corrected chi connectivity index (χ2v) is 3.84. The number of hydrogen-bond donors (Lipinski definition) is 0. The van der Waals surface area contributed by atoms with E-state index in [0.29, 0.717) is 16.9 Å². The standard InChI is InChI=1S/C12H10N4O2/c1-8-12(7-13)9(2)15(14-8)10-3-5-11(6-4-10)16(17)18/h3-6H,1-2H3. The molecule has 0 atom stereocenters. The van der Waals surface area contributed by atoms with E-state index in [4.69, 9.17) is 5.26 Å². The maximum atomic E-state index is 10.6. The maximum Gasteiger partial charge on any atom is 0.269 e. The molecule has 90 valence electrons. The van der Waals surface area contributed by atoms with Gasteiger partial charge in [0, 0.05) is 12.1 Å². The molecule has 0 spiro atoms. The van der Waals surface area contributed by atoms with E-state index in [0.717, 1.165) is 5.69 Å². The van der Waals surface area contributed by atoms with Crippen LogP contribution in [0.4, 0.5) is 5.69 Å². The minimum Gasteiger partial charge on any atom is -0.258 e. The largest absolute Gasteiger partial charge is 0.269 e.